The van der Waals surface area contributed by atoms with Gasteiger partial charge in [0.05, 0.1) is 10.5 Å². The number of aliphatic hydroxyl groups is 1. The number of nitrogens with zero attached hydrogens (tertiary/aromatic N) is 2. The van der Waals surface area contributed by atoms with Gasteiger partial charge in [-0.25, -0.2) is 0 Å². The molecule has 0 aliphatic carbocycles. The lowest BCUT2D eigenvalue weighted by Crippen LogP contribution is -2.60. The second kappa shape index (κ2) is 3.45. The van der Waals surface area contributed by atoms with Crippen molar-refractivity contribution in [3.05, 3.63) is 33.9 Å². The molecule has 16 heavy (non-hydrogen) atoms. The molecule has 1 aliphatic rings. The second-order valence-corrected chi connectivity index (χ2v) is 4.60. The van der Waals surface area contributed by atoms with E-state index < -0.39 is 5.60 Å². The molecule has 1 aromatic rings. The number of β-amino-alcohol motifs (C(OH)–C–C–N with tert-alkyl or cyclic N) is 1. The lowest BCUT2D eigenvalue weighted by Gasteiger charge is -2.45. The van der Waals surface area contributed by atoms with E-state index in [1.807, 2.05) is 11.8 Å². The first kappa shape index (κ1) is 10.9. The molecule has 86 valence electrons. The summed E-state index contributed by atoms with van der Waals surface area (Å²) in [6.07, 6.45) is 0. The zero-order valence-electron chi connectivity index (χ0n) is 9.30. The van der Waals surface area contributed by atoms with Crippen LogP contribution in [-0.2, 0) is 0 Å². The normalized spacial score (nSPS) is 18.1. The summed E-state index contributed by atoms with van der Waals surface area (Å²) in [6, 6.07) is 5.02. The topological polar surface area (TPSA) is 66.6 Å². The molecule has 0 atom stereocenters. The molecule has 0 radical (unpaired) electrons. The van der Waals surface area contributed by atoms with Gasteiger partial charge >= 0.3 is 0 Å². The molecule has 1 N–H and O–H groups in total. The van der Waals surface area contributed by atoms with Crippen LogP contribution in [0.5, 0.6) is 0 Å². The molecule has 0 saturated carbocycles. The maximum Gasteiger partial charge on any atom is 0.292 e. The Morgan fingerprint density at radius 2 is 2.12 bits per heavy atom. The van der Waals surface area contributed by atoms with Gasteiger partial charge in [0, 0.05) is 19.2 Å². The first-order valence-electron chi connectivity index (χ1n) is 5.11. The summed E-state index contributed by atoms with van der Waals surface area (Å²) in [4.78, 5) is 12.3. The van der Waals surface area contributed by atoms with Crippen molar-refractivity contribution in [1.82, 2.24) is 0 Å². The molecule has 5 nitrogen and oxygen atoms in total. The summed E-state index contributed by atoms with van der Waals surface area (Å²) in [5, 5.41) is 20.5. The average molecular weight is 222 g/mol. The molecule has 1 aromatic carbocycles. The van der Waals surface area contributed by atoms with Crippen LogP contribution in [0.4, 0.5) is 11.4 Å². The molecule has 5 heteroatoms. The van der Waals surface area contributed by atoms with Crippen LogP contribution in [0.1, 0.15) is 12.5 Å². The van der Waals surface area contributed by atoms with Gasteiger partial charge in [0.1, 0.15) is 5.69 Å². The number of hydrogen-bond donors (Lipinski definition) is 1. The van der Waals surface area contributed by atoms with Gasteiger partial charge in [-0.1, -0.05) is 6.07 Å². The summed E-state index contributed by atoms with van der Waals surface area (Å²) in [6.45, 7) is 4.50. The Bertz CT molecular complexity index is 435. The predicted molar refractivity (Wildman–Crippen MR) is 60.7 cm³/mol. The van der Waals surface area contributed by atoms with E-state index >= 15 is 0 Å². The largest absolute Gasteiger partial charge is 0.386 e. The summed E-state index contributed by atoms with van der Waals surface area (Å²) in [5.74, 6) is 0. The first-order chi connectivity index (χ1) is 7.39. The van der Waals surface area contributed by atoms with E-state index in [1.165, 1.54) is 6.07 Å². The second-order valence-electron chi connectivity index (χ2n) is 4.60. The monoisotopic (exact) mass is 222 g/mol. The van der Waals surface area contributed by atoms with Crippen LogP contribution in [0.2, 0.25) is 0 Å². The average Bonchev–Trinajstić information content (AvgIpc) is 2.13. The van der Waals surface area contributed by atoms with E-state index in [0.717, 1.165) is 5.56 Å². The molecule has 2 rings (SSSR count). The van der Waals surface area contributed by atoms with Crippen molar-refractivity contribution in [2.75, 3.05) is 18.0 Å². The number of hydrogen-bond acceptors (Lipinski definition) is 4. The van der Waals surface area contributed by atoms with Gasteiger partial charge in [0.2, 0.25) is 0 Å². The number of aryl methyl sites for hydroxylation is 1. The highest BCUT2D eigenvalue weighted by Gasteiger charge is 2.39. The highest BCUT2D eigenvalue weighted by Crippen LogP contribution is 2.35. The van der Waals surface area contributed by atoms with E-state index in [0.29, 0.717) is 18.8 Å². The van der Waals surface area contributed by atoms with Gasteiger partial charge in [-0.15, -0.1) is 0 Å². The standard InChI is InChI=1S/C11H14N2O3/c1-8-3-4-9(13(15)16)10(5-8)12-6-11(2,14)7-12/h3-5,14H,6-7H2,1-2H3. The van der Waals surface area contributed by atoms with Crippen molar-refractivity contribution in [3.8, 4) is 0 Å². The van der Waals surface area contributed by atoms with Crippen molar-refractivity contribution in [3.63, 3.8) is 0 Å². The van der Waals surface area contributed by atoms with Gasteiger partial charge in [-0.3, -0.25) is 10.1 Å². The number of nitro groups is 1. The number of nitro benzene ring substituents is 1. The SMILES string of the molecule is Cc1ccc([N+](=O)[O-])c(N2CC(C)(O)C2)c1. The smallest absolute Gasteiger partial charge is 0.292 e. The van der Waals surface area contributed by atoms with E-state index in [4.69, 9.17) is 0 Å². The Hall–Kier alpha value is -1.62. The van der Waals surface area contributed by atoms with Crippen LogP contribution in [-0.4, -0.2) is 28.7 Å². The van der Waals surface area contributed by atoms with Crippen LogP contribution in [0, 0.1) is 17.0 Å². The Labute approximate surface area is 93.5 Å². The van der Waals surface area contributed by atoms with Crippen molar-refractivity contribution < 1.29 is 10.0 Å². The van der Waals surface area contributed by atoms with Gasteiger partial charge in [0.25, 0.3) is 5.69 Å². The van der Waals surface area contributed by atoms with Gasteiger partial charge < -0.3 is 10.0 Å². The number of anilines is 1. The van der Waals surface area contributed by atoms with Crippen molar-refractivity contribution in [1.29, 1.82) is 0 Å². The molecule has 0 unspecified atom stereocenters. The third-order valence-corrected chi connectivity index (χ3v) is 2.73. The Morgan fingerprint density at radius 1 is 1.50 bits per heavy atom. The molecule has 1 heterocycles. The minimum absolute atomic E-state index is 0.0982. The zero-order valence-corrected chi connectivity index (χ0v) is 9.30. The molecule has 0 aromatic heterocycles. The molecule has 1 aliphatic heterocycles. The number of benzene rings is 1. The van der Waals surface area contributed by atoms with Crippen LogP contribution in [0.25, 0.3) is 0 Å². The van der Waals surface area contributed by atoms with Crippen LogP contribution in [0.15, 0.2) is 18.2 Å². The summed E-state index contributed by atoms with van der Waals surface area (Å²) in [7, 11) is 0. The third-order valence-electron chi connectivity index (χ3n) is 2.73. The lowest BCUT2D eigenvalue weighted by atomic mass is 9.95. The molecule has 0 bridgehead atoms. The zero-order chi connectivity index (χ0) is 11.9. The van der Waals surface area contributed by atoms with Gasteiger partial charge in [-0.05, 0) is 25.5 Å². The quantitative estimate of drug-likeness (QED) is 0.608. The minimum Gasteiger partial charge on any atom is -0.386 e. The molecular weight excluding hydrogens is 208 g/mol. The van der Waals surface area contributed by atoms with Crippen LogP contribution in [0.3, 0.4) is 0 Å². The van der Waals surface area contributed by atoms with Gasteiger partial charge in [-0.2, -0.15) is 0 Å². The van der Waals surface area contributed by atoms with Crippen molar-refractivity contribution in [2.24, 2.45) is 0 Å². The lowest BCUT2D eigenvalue weighted by molar-refractivity contribution is -0.384. The highest BCUT2D eigenvalue weighted by atomic mass is 16.6. The van der Waals surface area contributed by atoms with E-state index in [9.17, 15) is 15.2 Å². The fraction of sp³-hybridized carbons (Fsp3) is 0.455. The fourth-order valence-electron chi connectivity index (χ4n) is 1.99. The summed E-state index contributed by atoms with van der Waals surface area (Å²) < 4.78 is 0. The molecule has 0 spiro atoms. The van der Waals surface area contributed by atoms with Gasteiger partial charge in [0.15, 0.2) is 0 Å². The highest BCUT2D eigenvalue weighted by molar-refractivity contribution is 5.66. The molecular formula is C11H14N2O3. The predicted octanol–water partition coefficient (Wildman–Crippen LogP) is 1.47. The fourth-order valence-corrected chi connectivity index (χ4v) is 1.99. The molecule has 1 fully saturated rings. The maximum absolute atomic E-state index is 10.9. The Kier molecular flexibility index (Phi) is 2.35. The van der Waals surface area contributed by atoms with Crippen molar-refractivity contribution in [2.45, 2.75) is 19.4 Å². The van der Waals surface area contributed by atoms with Crippen molar-refractivity contribution >= 4 is 11.4 Å². The first-order valence-corrected chi connectivity index (χ1v) is 5.11. The van der Waals surface area contributed by atoms with Crippen LogP contribution >= 0.6 is 0 Å². The van der Waals surface area contributed by atoms with Crippen LogP contribution < -0.4 is 4.90 Å². The Balaban J connectivity index is 2.33. The minimum atomic E-state index is -0.725. The van der Waals surface area contributed by atoms with E-state index in [-0.39, 0.29) is 10.6 Å². The molecule has 1 saturated heterocycles. The molecule has 0 amide bonds. The van der Waals surface area contributed by atoms with E-state index in [2.05, 4.69) is 0 Å². The summed E-state index contributed by atoms with van der Waals surface area (Å²) >= 11 is 0. The third kappa shape index (κ3) is 1.86. The Morgan fingerprint density at radius 3 is 2.62 bits per heavy atom. The number of rotatable bonds is 2. The summed E-state index contributed by atoms with van der Waals surface area (Å²) in [5.41, 5.74) is 0.946. The maximum atomic E-state index is 10.9. The van der Waals surface area contributed by atoms with E-state index in [1.54, 1.807) is 19.1 Å².